The molecule has 0 saturated carbocycles. The summed E-state index contributed by atoms with van der Waals surface area (Å²) in [5, 5.41) is 0. The summed E-state index contributed by atoms with van der Waals surface area (Å²) < 4.78 is 0. The number of anilines is 3. The van der Waals surface area contributed by atoms with Crippen molar-refractivity contribution in [2.24, 2.45) is 0 Å². The molecule has 14 rings (SSSR count). The molecule has 5 nitrogen and oxygen atoms in total. The Bertz CT molecular complexity index is 4220. The van der Waals surface area contributed by atoms with E-state index in [0.717, 1.165) is 118 Å². The van der Waals surface area contributed by atoms with Crippen molar-refractivity contribution in [2.45, 2.75) is 0 Å². The average molecular weight is 1030 g/mol. The summed E-state index contributed by atoms with van der Waals surface area (Å²) in [7, 11) is 0. The van der Waals surface area contributed by atoms with Gasteiger partial charge in [-0.1, -0.05) is 249 Å². The Hall–Kier alpha value is -10.9. The first-order chi connectivity index (χ1) is 40.1. The van der Waals surface area contributed by atoms with Crippen LogP contribution in [0.5, 0.6) is 0 Å². The molecule has 0 N–H and O–H groups in total. The fourth-order valence-electron chi connectivity index (χ4n) is 10.8. The van der Waals surface area contributed by atoms with Gasteiger partial charge in [-0.25, -0.2) is 19.9 Å². The van der Waals surface area contributed by atoms with Crippen LogP contribution in [0.15, 0.2) is 309 Å². The molecule has 0 atom stereocenters. The molecule has 0 aliphatic carbocycles. The molecule has 2 aromatic heterocycles. The maximum Gasteiger partial charge on any atom is 0.0973 e. The molecule has 0 saturated heterocycles. The second-order valence-corrected chi connectivity index (χ2v) is 20.2. The van der Waals surface area contributed by atoms with Gasteiger partial charge in [0.25, 0.3) is 0 Å². The van der Waals surface area contributed by atoms with E-state index in [1.807, 2.05) is 60.7 Å². The van der Waals surface area contributed by atoms with Gasteiger partial charge in [-0.05, 0) is 116 Å². The van der Waals surface area contributed by atoms with Gasteiger partial charge in [-0.2, -0.15) is 0 Å². The second-order valence-electron chi connectivity index (χ2n) is 20.2. The van der Waals surface area contributed by atoms with E-state index in [1.165, 1.54) is 22.3 Å². The summed E-state index contributed by atoms with van der Waals surface area (Å²) in [5.74, 6) is 0. The zero-order chi connectivity index (χ0) is 53.9. The minimum Gasteiger partial charge on any atom is -0.311 e. The van der Waals surface area contributed by atoms with E-state index in [-0.39, 0.29) is 0 Å². The molecule has 5 heteroatoms. The molecule has 0 amide bonds. The SMILES string of the molecule is c1ccc(-c2ccc(-c3nc4ccccc4nc3-c3ccc(-c4ccc(N(c5ccc(-c6ccccc6)cc5)c5ccc(-c6ccc(-c7nc8ccccc8nc7-c7ccc(-c8ccccc8)cc7)cc6)cc5)cc4)cc3)cc2)cc1. The highest BCUT2D eigenvalue weighted by Crippen LogP contribution is 2.40. The molecule has 0 spiro atoms. The first-order valence-electron chi connectivity index (χ1n) is 27.3. The monoisotopic (exact) mass is 1030 g/mol. The first kappa shape index (κ1) is 48.5. The van der Waals surface area contributed by atoms with Crippen molar-refractivity contribution >= 4 is 39.1 Å². The largest absolute Gasteiger partial charge is 0.311 e. The third-order valence-electron chi connectivity index (χ3n) is 15.1. The zero-order valence-electron chi connectivity index (χ0n) is 44.2. The van der Waals surface area contributed by atoms with Gasteiger partial charge in [0.2, 0.25) is 0 Å². The van der Waals surface area contributed by atoms with Gasteiger partial charge in [-0.3, -0.25) is 0 Å². The van der Waals surface area contributed by atoms with E-state index in [2.05, 4.69) is 254 Å². The quantitative estimate of drug-likeness (QED) is 0.122. The normalized spacial score (nSPS) is 11.2. The van der Waals surface area contributed by atoms with Crippen LogP contribution >= 0.6 is 0 Å². The summed E-state index contributed by atoms with van der Waals surface area (Å²) in [4.78, 5) is 23.1. The average Bonchev–Trinajstić information content (AvgIpc) is 3.57. The number of benzene rings is 12. The third-order valence-corrected chi connectivity index (χ3v) is 15.1. The minimum absolute atomic E-state index is 0.853. The number of fused-ring (bicyclic) bond motifs is 2. The molecule has 2 heterocycles. The first-order valence-corrected chi connectivity index (χ1v) is 27.3. The lowest BCUT2D eigenvalue weighted by Crippen LogP contribution is -2.09. The van der Waals surface area contributed by atoms with Crippen LogP contribution in [0, 0.1) is 0 Å². The van der Waals surface area contributed by atoms with Gasteiger partial charge < -0.3 is 4.90 Å². The Balaban J connectivity index is 0.756. The third kappa shape index (κ3) is 9.93. The Kier molecular flexibility index (Phi) is 12.9. The van der Waals surface area contributed by atoms with Gasteiger partial charge in [0.05, 0.1) is 44.8 Å². The molecule has 0 aliphatic heterocycles. The predicted octanol–water partition coefficient (Wildman–Crippen LogP) is 20.0. The van der Waals surface area contributed by atoms with Crippen LogP contribution in [-0.2, 0) is 0 Å². The van der Waals surface area contributed by atoms with Crippen molar-refractivity contribution in [3.05, 3.63) is 309 Å². The molecule has 380 valence electrons. The molecule has 12 aromatic carbocycles. The maximum absolute atomic E-state index is 5.21. The summed E-state index contributed by atoms with van der Waals surface area (Å²) in [6, 6.07) is 109. The van der Waals surface area contributed by atoms with Crippen molar-refractivity contribution < 1.29 is 0 Å². The maximum atomic E-state index is 5.21. The van der Waals surface area contributed by atoms with Crippen LogP contribution in [-0.4, -0.2) is 19.9 Å². The van der Waals surface area contributed by atoms with E-state index in [9.17, 15) is 0 Å². The fourth-order valence-corrected chi connectivity index (χ4v) is 10.8. The lowest BCUT2D eigenvalue weighted by atomic mass is 9.98. The number of nitrogens with zero attached hydrogens (tertiary/aromatic N) is 5. The molecule has 0 radical (unpaired) electrons. The summed E-state index contributed by atoms with van der Waals surface area (Å²) in [6.07, 6.45) is 0. The second kappa shape index (κ2) is 21.5. The topological polar surface area (TPSA) is 54.8 Å². The predicted molar refractivity (Wildman–Crippen MR) is 336 cm³/mol. The van der Waals surface area contributed by atoms with Gasteiger partial charge in [0.1, 0.15) is 0 Å². The van der Waals surface area contributed by atoms with Crippen LogP contribution in [0.25, 0.3) is 123 Å². The highest BCUT2D eigenvalue weighted by atomic mass is 15.1. The van der Waals surface area contributed by atoms with Crippen molar-refractivity contribution in [1.29, 1.82) is 0 Å². The van der Waals surface area contributed by atoms with Crippen LogP contribution < -0.4 is 4.90 Å². The number of para-hydroxylation sites is 4. The molecule has 0 aliphatic rings. The van der Waals surface area contributed by atoms with E-state index in [0.29, 0.717) is 0 Å². The highest BCUT2D eigenvalue weighted by Gasteiger charge is 2.18. The minimum atomic E-state index is 0.853. The molecule has 81 heavy (non-hydrogen) atoms. The van der Waals surface area contributed by atoms with Crippen LogP contribution in [0.3, 0.4) is 0 Å². The van der Waals surface area contributed by atoms with Crippen LogP contribution in [0.2, 0.25) is 0 Å². The molecule has 0 bridgehead atoms. The summed E-state index contributed by atoms with van der Waals surface area (Å²) >= 11 is 0. The van der Waals surface area contributed by atoms with Gasteiger partial charge >= 0.3 is 0 Å². The lowest BCUT2D eigenvalue weighted by molar-refractivity contribution is 1.28. The summed E-state index contributed by atoms with van der Waals surface area (Å²) in [6.45, 7) is 0. The van der Waals surface area contributed by atoms with Crippen molar-refractivity contribution in [1.82, 2.24) is 19.9 Å². The van der Waals surface area contributed by atoms with E-state index in [4.69, 9.17) is 19.9 Å². The standard InChI is InChI=1S/C76H51N5/c1-4-14-52(15-5-1)55-24-32-62(33-25-55)73-75(79-71-22-12-10-20-69(71)77-73)64-36-28-57(29-37-64)60-42-48-67(49-43-60)81(66-46-40-59(41-47-66)54-18-8-3-9-19-54)68-50-44-61(45-51-68)58-30-38-65(39-31-58)76-74(78-70-21-11-13-23-72(70)80-76)63-34-26-56(27-35-63)53-16-6-2-7-17-53/h1-51H. The highest BCUT2D eigenvalue weighted by molar-refractivity contribution is 5.90. The van der Waals surface area contributed by atoms with Gasteiger partial charge in [0.15, 0.2) is 0 Å². The molecule has 14 aromatic rings. The number of hydrogen-bond donors (Lipinski definition) is 0. The molecule has 0 unspecified atom stereocenters. The van der Waals surface area contributed by atoms with Crippen LogP contribution in [0.4, 0.5) is 17.1 Å². The fraction of sp³-hybridized carbons (Fsp3) is 0. The van der Waals surface area contributed by atoms with Gasteiger partial charge in [0, 0.05) is 39.3 Å². The Labute approximate surface area is 471 Å². The van der Waals surface area contributed by atoms with E-state index >= 15 is 0 Å². The smallest absolute Gasteiger partial charge is 0.0973 e. The molecule has 0 fully saturated rings. The van der Waals surface area contributed by atoms with Crippen molar-refractivity contribution in [3.8, 4) is 101 Å². The number of aromatic nitrogens is 4. The number of hydrogen-bond acceptors (Lipinski definition) is 5. The van der Waals surface area contributed by atoms with Gasteiger partial charge in [-0.15, -0.1) is 0 Å². The molecular formula is C76H51N5. The van der Waals surface area contributed by atoms with Crippen LogP contribution in [0.1, 0.15) is 0 Å². The van der Waals surface area contributed by atoms with Crippen molar-refractivity contribution in [3.63, 3.8) is 0 Å². The summed E-state index contributed by atoms with van der Waals surface area (Å²) in [5.41, 5.74) is 25.6. The lowest BCUT2D eigenvalue weighted by Gasteiger charge is -2.26. The Morgan fingerprint density at radius 3 is 0.519 bits per heavy atom. The Morgan fingerprint density at radius 2 is 0.309 bits per heavy atom. The van der Waals surface area contributed by atoms with E-state index in [1.54, 1.807) is 0 Å². The molecular weight excluding hydrogens is 983 g/mol. The van der Waals surface area contributed by atoms with Crippen molar-refractivity contribution in [2.75, 3.05) is 4.90 Å². The Morgan fingerprint density at radius 1 is 0.148 bits per heavy atom. The van der Waals surface area contributed by atoms with E-state index < -0.39 is 0 Å². The number of rotatable bonds is 12. The zero-order valence-corrected chi connectivity index (χ0v) is 44.2.